The van der Waals surface area contributed by atoms with Gasteiger partial charge in [-0.2, -0.15) is 0 Å². The first-order valence-corrected chi connectivity index (χ1v) is 7.50. The molecule has 1 amide bonds. The fraction of sp³-hybridized carbons (Fsp3) is 0.0588. The Hall–Kier alpha value is -2.53. The molecule has 0 saturated heterocycles. The summed E-state index contributed by atoms with van der Waals surface area (Å²) >= 11 is 1.37. The number of amides is 1. The minimum atomic E-state index is -0.215. The molecule has 0 radical (unpaired) electrons. The number of carbonyl (C=O) groups is 1. The van der Waals surface area contributed by atoms with Crippen molar-refractivity contribution >= 4 is 34.5 Å². The average molecular weight is 310 g/mol. The quantitative estimate of drug-likeness (QED) is 0.697. The number of nitrogens with zero attached hydrogens (tertiary/aromatic N) is 1. The fourth-order valence-electron chi connectivity index (χ4n) is 2.01. The molecule has 0 spiro atoms. The van der Waals surface area contributed by atoms with Gasteiger partial charge in [-0.3, -0.25) is 4.79 Å². The molecule has 0 bridgehead atoms. The first kappa shape index (κ1) is 14.4. The third-order valence-electron chi connectivity index (χ3n) is 3.19. The standard InChI is InChI=1S/C17H14N2O2S/c1-21-14-8-2-11(3-9-14)10-15-16(20)19-17(22-15)12-4-6-13(18)7-5-12/h2-10H,18H2,1H3/b15-10-. The maximum Gasteiger partial charge on any atom is 0.284 e. The normalized spacial score (nSPS) is 16.0. The van der Waals surface area contributed by atoms with Crippen LogP contribution in [0.25, 0.3) is 6.08 Å². The van der Waals surface area contributed by atoms with Gasteiger partial charge in [0.25, 0.3) is 5.91 Å². The van der Waals surface area contributed by atoms with E-state index < -0.39 is 0 Å². The number of nitrogens with two attached hydrogens (primary N) is 1. The molecule has 0 atom stereocenters. The van der Waals surface area contributed by atoms with Crippen LogP contribution < -0.4 is 10.5 Å². The van der Waals surface area contributed by atoms with Gasteiger partial charge in [-0.25, -0.2) is 4.99 Å². The van der Waals surface area contributed by atoms with E-state index in [1.807, 2.05) is 42.5 Å². The number of anilines is 1. The van der Waals surface area contributed by atoms with Crippen LogP contribution in [-0.4, -0.2) is 18.1 Å². The number of hydrogen-bond acceptors (Lipinski definition) is 4. The molecule has 110 valence electrons. The molecule has 3 rings (SSSR count). The van der Waals surface area contributed by atoms with E-state index in [1.165, 1.54) is 11.8 Å². The van der Waals surface area contributed by atoms with Crippen LogP contribution in [0.2, 0.25) is 0 Å². The number of aliphatic imine (C=N–C) groups is 1. The maximum atomic E-state index is 12.0. The molecule has 2 N–H and O–H groups in total. The van der Waals surface area contributed by atoms with Crippen LogP contribution in [0.15, 0.2) is 58.4 Å². The summed E-state index contributed by atoms with van der Waals surface area (Å²) in [6.07, 6.45) is 1.83. The highest BCUT2D eigenvalue weighted by atomic mass is 32.2. The lowest BCUT2D eigenvalue weighted by atomic mass is 10.2. The van der Waals surface area contributed by atoms with Gasteiger partial charge in [0, 0.05) is 11.3 Å². The van der Waals surface area contributed by atoms with Crippen LogP contribution in [0, 0.1) is 0 Å². The summed E-state index contributed by atoms with van der Waals surface area (Å²) in [5, 5.41) is 0.699. The van der Waals surface area contributed by atoms with Crippen LogP contribution >= 0.6 is 11.8 Å². The molecule has 2 aromatic rings. The van der Waals surface area contributed by atoms with E-state index in [1.54, 1.807) is 19.2 Å². The van der Waals surface area contributed by atoms with Crippen molar-refractivity contribution in [1.82, 2.24) is 0 Å². The Morgan fingerprint density at radius 1 is 1.09 bits per heavy atom. The number of nitrogen functional groups attached to an aromatic ring is 1. The Morgan fingerprint density at radius 2 is 1.77 bits per heavy atom. The number of benzene rings is 2. The van der Waals surface area contributed by atoms with Gasteiger partial charge in [0.1, 0.15) is 10.8 Å². The van der Waals surface area contributed by atoms with Crippen molar-refractivity contribution in [2.24, 2.45) is 4.99 Å². The highest BCUT2D eigenvalue weighted by Crippen LogP contribution is 2.32. The highest BCUT2D eigenvalue weighted by molar-refractivity contribution is 8.19. The van der Waals surface area contributed by atoms with Crippen molar-refractivity contribution in [1.29, 1.82) is 0 Å². The predicted molar refractivity (Wildman–Crippen MR) is 91.0 cm³/mol. The Balaban J connectivity index is 1.81. The molecular formula is C17H14N2O2S. The third kappa shape index (κ3) is 3.04. The summed E-state index contributed by atoms with van der Waals surface area (Å²) in [4.78, 5) is 16.7. The van der Waals surface area contributed by atoms with Crippen LogP contribution in [0.5, 0.6) is 5.75 Å². The summed E-state index contributed by atoms with van der Waals surface area (Å²) in [7, 11) is 1.62. The molecule has 0 fully saturated rings. The van der Waals surface area contributed by atoms with E-state index in [0.29, 0.717) is 15.6 Å². The second-order valence-electron chi connectivity index (χ2n) is 4.73. The maximum absolute atomic E-state index is 12.0. The molecular weight excluding hydrogens is 296 g/mol. The molecule has 4 nitrogen and oxygen atoms in total. The molecule has 5 heteroatoms. The molecule has 22 heavy (non-hydrogen) atoms. The van der Waals surface area contributed by atoms with Crippen LogP contribution in [0.3, 0.4) is 0 Å². The van der Waals surface area contributed by atoms with Crippen molar-refractivity contribution in [3.63, 3.8) is 0 Å². The molecule has 1 heterocycles. The predicted octanol–water partition coefficient (Wildman–Crippen LogP) is 3.34. The smallest absolute Gasteiger partial charge is 0.284 e. The number of hydrogen-bond donors (Lipinski definition) is 1. The monoisotopic (exact) mass is 310 g/mol. The Bertz CT molecular complexity index is 762. The minimum Gasteiger partial charge on any atom is -0.497 e. The van der Waals surface area contributed by atoms with Gasteiger partial charge in [0.2, 0.25) is 0 Å². The second kappa shape index (κ2) is 6.07. The lowest BCUT2D eigenvalue weighted by Crippen LogP contribution is -1.92. The van der Waals surface area contributed by atoms with Gasteiger partial charge in [-0.15, -0.1) is 0 Å². The molecule has 1 aliphatic heterocycles. The zero-order valence-electron chi connectivity index (χ0n) is 11.9. The minimum absolute atomic E-state index is 0.215. The summed E-state index contributed by atoms with van der Waals surface area (Å²) in [6, 6.07) is 14.9. The molecule has 0 unspecified atom stereocenters. The molecule has 0 aliphatic carbocycles. The number of ether oxygens (including phenoxy) is 1. The lowest BCUT2D eigenvalue weighted by Gasteiger charge is -2.01. The van der Waals surface area contributed by atoms with Crippen molar-refractivity contribution in [2.75, 3.05) is 12.8 Å². The molecule has 0 saturated carbocycles. The Kier molecular flexibility index (Phi) is 3.98. The van der Waals surface area contributed by atoms with Crippen LogP contribution in [0.1, 0.15) is 11.1 Å². The van der Waals surface area contributed by atoms with Gasteiger partial charge < -0.3 is 10.5 Å². The lowest BCUT2D eigenvalue weighted by molar-refractivity contribution is -0.113. The number of carbonyl (C=O) groups excluding carboxylic acids is 1. The molecule has 2 aromatic carbocycles. The van der Waals surface area contributed by atoms with E-state index in [-0.39, 0.29) is 5.91 Å². The van der Waals surface area contributed by atoms with E-state index in [4.69, 9.17) is 10.5 Å². The van der Waals surface area contributed by atoms with E-state index in [9.17, 15) is 4.79 Å². The zero-order valence-corrected chi connectivity index (χ0v) is 12.8. The van der Waals surface area contributed by atoms with Crippen molar-refractivity contribution in [3.05, 3.63) is 64.6 Å². The molecule has 1 aliphatic rings. The number of methoxy groups -OCH3 is 1. The van der Waals surface area contributed by atoms with Crippen molar-refractivity contribution < 1.29 is 9.53 Å². The van der Waals surface area contributed by atoms with Gasteiger partial charge in [0.05, 0.1) is 12.0 Å². The summed E-state index contributed by atoms with van der Waals surface area (Å²) in [5.74, 6) is 0.569. The van der Waals surface area contributed by atoms with Crippen LogP contribution in [0.4, 0.5) is 5.69 Å². The average Bonchev–Trinajstić information content (AvgIpc) is 2.90. The first-order chi connectivity index (χ1) is 10.7. The van der Waals surface area contributed by atoms with E-state index >= 15 is 0 Å². The number of rotatable bonds is 3. The van der Waals surface area contributed by atoms with Crippen molar-refractivity contribution in [3.8, 4) is 5.75 Å². The third-order valence-corrected chi connectivity index (χ3v) is 4.22. The van der Waals surface area contributed by atoms with Gasteiger partial charge in [-0.05, 0) is 35.9 Å². The second-order valence-corrected chi connectivity index (χ2v) is 5.76. The zero-order chi connectivity index (χ0) is 15.5. The summed E-state index contributed by atoms with van der Waals surface area (Å²) in [5.41, 5.74) is 8.19. The SMILES string of the molecule is COc1ccc(/C=C2\SC(c3ccc(N)cc3)=NC2=O)cc1. The Labute approximate surface area is 132 Å². The summed E-state index contributed by atoms with van der Waals surface area (Å²) in [6.45, 7) is 0. The van der Waals surface area contributed by atoms with E-state index in [2.05, 4.69) is 4.99 Å². The van der Waals surface area contributed by atoms with Crippen molar-refractivity contribution in [2.45, 2.75) is 0 Å². The first-order valence-electron chi connectivity index (χ1n) is 6.68. The fourth-order valence-corrected chi connectivity index (χ4v) is 2.93. The largest absolute Gasteiger partial charge is 0.497 e. The van der Waals surface area contributed by atoms with E-state index in [0.717, 1.165) is 16.9 Å². The highest BCUT2D eigenvalue weighted by Gasteiger charge is 2.22. The van der Waals surface area contributed by atoms with Gasteiger partial charge >= 0.3 is 0 Å². The topological polar surface area (TPSA) is 64.7 Å². The Morgan fingerprint density at radius 3 is 2.41 bits per heavy atom. The van der Waals surface area contributed by atoms with Gasteiger partial charge in [0.15, 0.2) is 0 Å². The summed E-state index contributed by atoms with van der Waals surface area (Å²) < 4.78 is 5.12. The molecule has 0 aromatic heterocycles. The van der Waals surface area contributed by atoms with Gasteiger partial charge in [-0.1, -0.05) is 36.0 Å². The van der Waals surface area contributed by atoms with Crippen LogP contribution in [-0.2, 0) is 4.79 Å². The number of thioether (sulfide) groups is 1.